The largest absolute Gasteiger partial charge is 0.616 e. The molecule has 2 aliphatic heterocycles. The molecule has 0 aromatic heterocycles. The molecule has 0 aliphatic carbocycles. The molecule has 0 bridgehead atoms. The van der Waals surface area contributed by atoms with E-state index in [1.807, 2.05) is 13.8 Å². The molecule has 4 unspecified atom stereocenters. The van der Waals surface area contributed by atoms with Crippen LogP contribution in [-0.2, 0) is 20.8 Å². The number of benzene rings is 2. The van der Waals surface area contributed by atoms with E-state index in [2.05, 4.69) is 5.32 Å². The maximum Gasteiger partial charge on any atom is 0.479 e. The Morgan fingerprint density at radius 2 is 1.32 bits per heavy atom. The second kappa shape index (κ2) is 26.4. The van der Waals surface area contributed by atoms with Crippen molar-refractivity contribution in [1.82, 2.24) is 5.32 Å². The number of thioether (sulfide) groups is 1. The Bertz CT molecular complexity index is 2390. The van der Waals surface area contributed by atoms with Crippen LogP contribution in [0.3, 0.4) is 0 Å². The lowest BCUT2D eigenvalue weighted by Gasteiger charge is -2.48. The van der Waals surface area contributed by atoms with Crippen LogP contribution < -0.4 is 16.0 Å². The topological polar surface area (TPSA) is 176 Å². The van der Waals surface area contributed by atoms with Gasteiger partial charge in [-0.3, -0.25) is 19.7 Å². The molecule has 13 nitrogen and oxygen atoms in total. The number of nitrogens with zero attached hydrogens (tertiary/aromatic N) is 4. The molecule has 2 aromatic rings. The van der Waals surface area contributed by atoms with Crippen LogP contribution in [0.5, 0.6) is 0 Å². The van der Waals surface area contributed by atoms with E-state index in [1.54, 1.807) is 52.0 Å². The van der Waals surface area contributed by atoms with Crippen LogP contribution in [0.2, 0.25) is 0 Å². The Morgan fingerprint density at radius 3 is 1.88 bits per heavy atom. The summed E-state index contributed by atoms with van der Waals surface area (Å²) in [6, 6.07) is 7.84. The van der Waals surface area contributed by atoms with Gasteiger partial charge >= 0.3 is 42.2 Å². The molecule has 2 aliphatic rings. The van der Waals surface area contributed by atoms with Crippen molar-refractivity contribution in [2.45, 2.75) is 180 Å². The van der Waals surface area contributed by atoms with Crippen molar-refractivity contribution in [1.29, 1.82) is 0 Å². The number of hydrogen-bond acceptors (Lipinski definition) is 9. The van der Waals surface area contributed by atoms with Gasteiger partial charge in [-0.05, 0) is 123 Å². The molecule has 6 amide bonds. The fraction of sp³-hybridized carbons (Fsp3) is 0.692. The normalized spacial score (nSPS) is 20.3. The highest BCUT2D eigenvalue weighted by Crippen LogP contribution is 2.49. The number of nitrogens with one attached hydrogen (secondary N) is 1. The summed E-state index contributed by atoms with van der Waals surface area (Å²) in [5.41, 5.74) is 6.05. The van der Waals surface area contributed by atoms with Crippen LogP contribution in [0.1, 0.15) is 153 Å². The molecular weight excluding hydrogens is 1070 g/mol. The number of aryl methyl sites for hydroxylation is 2. The molecule has 0 radical (unpaired) electrons. The van der Waals surface area contributed by atoms with E-state index in [4.69, 9.17) is 5.73 Å². The summed E-state index contributed by atoms with van der Waals surface area (Å²) in [6.45, 7) is 9.69. The monoisotopic (exact) mass is 1150 g/mol. The minimum absolute atomic E-state index is 0.0499. The van der Waals surface area contributed by atoms with E-state index >= 15 is 4.79 Å². The highest BCUT2D eigenvalue weighted by Gasteiger charge is 2.80. The second-order valence-electron chi connectivity index (χ2n) is 21.8. The number of nitrogens with two attached hydrogens (primary N) is 1. The molecule has 3 N–H and O–H groups in total. The Hall–Kier alpha value is -4.20. The van der Waals surface area contributed by atoms with Gasteiger partial charge in [-0.2, -0.15) is 60.6 Å². The zero-order valence-electron chi connectivity index (χ0n) is 44.6. The molecular formula is C52H74F10N6O7S2+2. The van der Waals surface area contributed by atoms with E-state index in [9.17, 15) is 73.0 Å². The number of alkyl halides is 10. The Kier molecular flexibility index (Phi) is 22.4. The average Bonchev–Trinajstić information content (AvgIpc) is 3.69. The van der Waals surface area contributed by atoms with Crippen LogP contribution in [0.15, 0.2) is 36.4 Å². The number of halogens is 10. The number of hydrogen-bond donors (Lipinski definition) is 2. The summed E-state index contributed by atoms with van der Waals surface area (Å²) in [6.07, 6.45) is -8.34. The number of nitro groups is 1. The van der Waals surface area contributed by atoms with Crippen LogP contribution >= 0.6 is 11.8 Å². The molecule has 2 aromatic carbocycles. The first-order valence-electron chi connectivity index (χ1n) is 26.0. The standard InChI is InChI=1S/C52H73F10N6O7S2/c1-36-33-40(19-20-41(36)63)65-44(70)48(5,6)68(46(65)72,26-13-10-8-7-9-11-14-28-76-29-16-24-49(53,54)51(57,58)59)67(35-43(69)64-45(67)71)27-22-39(38-18-21-42(66(73)74)37(2)32-38)34-47(3,4)23-12-15-30-77(75)31-17-25-50(55,56)52(60,61)62/h18-21,32-33,39H,7-17,22-31,34-35,63H2,1-6H3/q+1/p+1. The van der Waals surface area contributed by atoms with Crippen molar-refractivity contribution in [2.75, 3.05) is 53.3 Å². The van der Waals surface area contributed by atoms with Gasteiger partial charge in [0.2, 0.25) is 12.1 Å². The fourth-order valence-corrected chi connectivity index (χ4v) is 12.8. The first-order chi connectivity index (χ1) is 35.6. The lowest BCUT2D eigenvalue weighted by molar-refractivity contribution is -1.43. The van der Waals surface area contributed by atoms with Crippen molar-refractivity contribution in [2.24, 2.45) is 5.41 Å². The minimum Gasteiger partial charge on any atom is -0.616 e. The van der Waals surface area contributed by atoms with Crippen molar-refractivity contribution >= 4 is 63.9 Å². The number of amides is 6. The molecule has 0 spiro atoms. The van der Waals surface area contributed by atoms with Gasteiger partial charge in [-0.15, -0.1) is 0 Å². The third kappa shape index (κ3) is 15.8. The van der Waals surface area contributed by atoms with Gasteiger partial charge in [0.05, 0.1) is 10.6 Å². The van der Waals surface area contributed by atoms with Crippen molar-refractivity contribution < 1.29 is 81.7 Å². The number of rotatable bonds is 32. The quantitative estimate of drug-likeness (QED) is 0.0106. The number of imide groups is 2. The van der Waals surface area contributed by atoms with Crippen LogP contribution in [0.4, 0.5) is 70.6 Å². The number of quaternary nitrogens is 2. The van der Waals surface area contributed by atoms with Gasteiger partial charge in [0, 0.05) is 56.8 Å². The molecule has 2 fully saturated rings. The predicted octanol–water partition coefficient (Wildman–Crippen LogP) is 13.8. The molecule has 2 heterocycles. The average molecular weight is 1150 g/mol. The highest BCUT2D eigenvalue weighted by atomic mass is 32.2. The van der Waals surface area contributed by atoms with Gasteiger partial charge in [0.1, 0.15) is 24.6 Å². The van der Waals surface area contributed by atoms with Crippen LogP contribution in [0, 0.1) is 29.4 Å². The fourth-order valence-electron chi connectivity index (χ4n) is 10.7. The number of nitro benzene ring substituents is 1. The van der Waals surface area contributed by atoms with Gasteiger partial charge in [0.15, 0.2) is 0 Å². The minimum atomic E-state index is -5.70. The Labute approximate surface area is 451 Å². The molecule has 0 saturated carbocycles. The van der Waals surface area contributed by atoms with Gasteiger partial charge in [-0.1, -0.05) is 66.0 Å². The molecule has 2 saturated heterocycles. The first kappa shape index (κ1) is 65.3. The smallest absolute Gasteiger partial charge is 0.479 e. The number of nitrogen functional groups attached to an aromatic ring is 1. The molecule has 4 rings (SSSR count). The summed E-state index contributed by atoms with van der Waals surface area (Å²) in [5.74, 6) is -10.8. The molecule has 25 heteroatoms. The lowest BCUT2D eigenvalue weighted by Crippen LogP contribution is -2.81. The summed E-state index contributed by atoms with van der Waals surface area (Å²) in [7, 11) is 0. The number of urea groups is 2. The number of carbonyl (C=O) groups is 4. The molecule has 4 atom stereocenters. The maximum atomic E-state index is 15.6. The zero-order chi connectivity index (χ0) is 58.0. The maximum absolute atomic E-state index is 15.6. The van der Waals surface area contributed by atoms with Gasteiger partial charge in [0.25, 0.3) is 11.6 Å². The van der Waals surface area contributed by atoms with Crippen molar-refractivity contribution in [3.63, 3.8) is 0 Å². The molecule has 77 heavy (non-hydrogen) atoms. The van der Waals surface area contributed by atoms with E-state index in [0.29, 0.717) is 73.1 Å². The summed E-state index contributed by atoms with van der Waals surface area (Å²) >= 11 is -0.333. The SMILES string of the molecule is Cc1cc(N2C(=O)C(C)(C)[N+](CCCCCCCCCSCCCC(F)(F)C(F)(F)F)([N+]3(CCC(CC(C)(C)CCCC[S+]([O-])CCCC(F)(F)C(F)(F)F)c4ccc([N+](=O)[O-])c(C)c4)CC(=O)NC3=O)C2=O)ccc1N. The zero-order valence-corrected chi connectivity index (χ0v) is 46.3. The number of carbonyl (C=O) groups excluding carboxylic acids is 4. The van der Waals surface area contributed by atoms with Crippen LogP contribution in [0.25, 0.3) is 0 Å². The van der Waals surface area contributed by atoms with Crippen molar-refractivity contribution in [3.05, 3.63) is 63.2 Å². The lowest BCUT2D eigenvalue weighted by atomic mass is 9.75. The third-order valence-electron chi connectivity index (χ3n) is 15.1. The molecule has 434 valence electrons. The summed E-state index contributed by atoms with van der Waals surface area (Å²) in [5, 5.41) is 14.4. The van der Waals surface area contributed by atoms with Gasteiger partial charge in [-0.25, -0.2) is 14.9 Å². The summed E-state index contributed by atoms with van der Waals surface area (Å²) < 4.78 is 140. The Balaban J connectivity index is 1.59. The van der Waals surface area contributed by atoms with Crippen molar-refractivity contribution in [3.8, 4) is 0 Å². The van der Waals surface area contributed by atoms with E-state index in [0.717, 1.165) is 30.6 Å². The van der Waals surface area contributed by atoms with Gasteiger partial charge < -0.3 is 10.3 Å². The Morgan fingerprint density at radius 1 is 0.753 bits per heavy atom. The third-order valence-corrected chi connectivity index (χ3v) is 17.7. The van der Waals surface area contributed by atoms with E-state index < -0.39 is 116 Å². The van der Waals surface area contributed by atoms with E-state index in [-0.39, 0.29) is 54.6 Å². The first-order valence-corrected chi connectivity index (χ1v) is 28.6. The van der Waals surface area contributed by atoms with Crippen LogP contribution in [-0.4, -0.2) is 115 Å². The number of anilines is 2. The second-order valence-corrected chi connectivity index (χ2v) is 24.8. The van der Waals surface area contributed by atoms with E-state index in [1.165, 1.54) is 23.9 Å². The predicted molar refractivity (Wildman–Crippen MR) is 277 cm³/mol. The summed E-state index contributed by atoms with van der Waals surface area (Å²) in [4.78, 5) is 71.5. The highest BCUT2D eigenvalue weighted by molar-refractivity contribution is 7.99. The number of unbranched alkanes of at least 4 members (excludes halogenated alkanes) is 7.